The molecule has 4 aromatic rings. The summed E-state index contributed by atoms with van der Waals surface area (Å²) in [4.78, 5) is 85.2. The fourth-order valence-electron chi connectivity index (χ4n) is 7.16. The van der Waals surface area contributed by atoms with Gasteiger partial charge in [0.1, 0.15) is 28.4 Å². The topological polar surface area (TPSA) is 173 Å². The number of fused-ring (bicyclic) bond motifs is 1. The number of aromatic nitrogens is 3. The highest BCUT2D eigenvalue weighted by Gasteiger charge is 2.45. The molecule has 272 valence electrons. The van der Waals surface area contributed by atoms with Gasteiger partial charge in [-0.15, -0.1) is 0 Å². The van der Waals surface area contributed by atoms with E-state index in [0.29, 0.717) is 38.4 Å². The average Bonchev–Trinajstić information content (AvgIpc) is 3.67. The Morgan fingerprint density at radius 3 is 2.47 bits per heavy atom. The van der Waals surface area contributed by atoms with Crippen LogP contribution in [-0.2, 0) is 9.59 Å². The first-order valence-electron chi connectivity index (χ1n) is 17.3. The molecule has 6 heterocycles. The van der Waals surface area contributed by atoms with Crippen LogP contribution in [-0.4, -0.2) is 106 Å². The lowest BCUT2D eigenvalue weighted by atomic mass is 10.0. The second-order valence-corrected chi connectivity index (χ2v) is 14.9. The van der Waals surface area contributed by atoms with Crippen molar-refractivity contribution in [1.82, 2.24) is 30.1 Å². The second-order valence-electron chi connectivity index (χ2n) is 13.5. The van der Waals surface area contributed by atoms with Gasteiger partial charge in [0.25, 0.3) is 17.7 Å². The number of thiazole rings is 1. The molecule has 5 amide bonds. The SMILES string of the molecule is Cc1nc(Nc2ncc(C(=O)Nc3c(C)cccc3Cl)s2)cc(N2CCN(C3CN(c4ccc5c(c4)C(=O)N(C4CCC(=O)NC4=O)C5=O)C3)CC2)n1. The van der Waals surface area contributed by atoms with E-state index in [0.717, 1.165) is 61.2 Å². The fraction of sp³-hybridized carbons (Fsp3) is 0.333. The number of para-hydroxylation sites is 1. The minimum absolute atomic E-state index is 0.0820. The Labute approximate surface area is 313 Å². The Kier molecular flexibility index (Phi) is 9.04. The van der Waals surface area contributed by atoms with E-state index in [1.54, 1.807) is 18.2 Å². The van der Waals surface area contributed by atoms with Gasteiger partial charge in [0.05, 0.1) is 28.0 Å². The number of imide groups is 2. The van der Waals surface area contributed by atoms with Gasteiger partial charge in [-0.25, -0.2) is 15.0 Å². The number of piperidine rings is 1. The molecule has 2 aromatic heterocycles. The summed E-state index contributed by atoms with van der Waals surface area (Å²) in [5.41, 5.74) is 2.85. The van der Waals surface area contributed by atoms with Gasteiger partial charge in [-0.05, 0) is 50.1 Å². The van der Waals surface area contributed by atoms with Gasteiger partial charge in [-0.1, -0.05) is 35.1 Å². The van der Waals surface area contributed by atoms with Gasteiger partial charge in [0.2, 0.25) is 11.8 Å². The summed E-state index contributed by atoms with van der Waals surface area (Å²) in [6.07, 6.45) is 1.73. The van der Waals surface area contributed by atoms with E-state index in [9.17, 15) is 24.0 Å². The van der Waals surface area contributed by atoms with E-state index in [-0.39, 0.29) is 29.9 Å². The standard InChI is InChI=1S/C36H35ClN10O5S/c1-19-4-3-5-25(37)31(19)43-33(50)27-16-38-36(53-27)41-28-15-29(40-20(2)39-28)45-12-10-44(11-13-45)22-17-46(18-22)21-6-7-23-24(14-21)35(52)47(34(23)51)26-8-9-30(48)42-32(26)49/h3-7,14-16,22,26H,8-13,17-18H2,1-2H3,(H,43,50)(H,42,48,49)(H,38,39,40,41). The maximum Gasteiger partial charge on any atom is 0.267 e. The molecule has 3 N–H and O–H groups in total. The number of carbonyl (C=O) groups is 5. The first-order valence-corrected chi connectivity index (χ1v) is 18.5. The van der Waals surface area contributed by atoms with E-state index in [1.165, 1.54) is 17.5 Å². The van der Waals surface area contributed by atoms with Crippen molar-refractivity contribution in [2.75, 3.05) is 59.7 Å². The summed E-state index contributed by atoms with van der Waals surface area (Å²) in [5.74, 6) is -0.319. The molecule has 0 aliphatic carbocycles. The number of carbonyl (C=O) groups excluding carboxylic acids is 5. The number of benzene rings is 2. The lowest BCUT2D eigenvalue weighted by Crippen LogP contribution is -2.63. The Morgan fingerprint density at radius 1 is 0.943 bits per heavy atom. The molecule has 8 rings (SSSR count). The molecule has 53 heavy (non-hydrogen) atoms. The number of hydrogen-bond donors (Lipinski definition) is 3. The molecule has 3 saturated heterocycles. The van der Waals surface area contributed by atoms with Gasteiger partial charge >= 0.3 is 0 Å². The van der Waals surface area contributed by atoms with Crippen LogP contribution in [0.15, 0.2) is 48.7 Å². The maximum atomic E-state index is 13.3. The zero-order chi connectivity index (χ0) is 37.0. The number of halogens is 1. The highest BCUT2D eigenvalue weighted by molar-refractivity contribution is 7.17. The normalized spacial score (nSPS) is 19.3. The van der Waals surface area contributed by atoms with Crippen LogP contribution in [0.3, 0.4) is 0 Å². The lowest BCUT2D eigenvalue weighted by molar-refractivity contribution is -0.136. The summed E-state index contributed by atoms with van der Waals surface area (Å²) < 4.78 is 0. The fourth-order valence-corrected chi connectivity index (χ4v) is 8.15. The summed E-state index contributed by atoms with van der Waals surface area (Å²) in [5, 5.41) is 9.34. The number of nitrogens with one attached hydrogen (secondary N) is 3. The minimum atomic E-state index is -0.985. The number of hydrogen-bond acceptors (Lipinski definition) is 13. The molecule has 3 fully saturated rings. The van der Waals surface area contributed by atoms with Crippen molar-refractivity contribution in [3.05, 3.63) is 81.1 Å². The van der Waals surface area contributed by atoms with Gasteiger partial charge in [0, 0.05) is 63.5 Å². The van der Waals surface area contributed by atoms with Crippen molar-refractivity contribution < 1.29 is 24.0 Å². The molecule has 15 nitrogen and oxygen atoms in total. The molecule has 2 aromatic carbocycles. The highest BCUT2D eigenvalue weighted by Crippen LogP contribution is 2.34. The molecular weight excluding hydrogens is 720 g/mol. The first kappa shape index (κ1) is 34.6. The molecule has 0 bridgehead atoms. The van der Waals surface area contributed by atoms with Crippen molar-refractivity contribution in [2.45, 2.75) is 38.8 Å². The summed E-state index contributed by atoms with van der Waals surface area (Å²) >= 11 is 7.50. The monoisotopic (exact) mass is 754 g/mol. The molecule has 0 radical (unpaired) electrons. The molecule has 1 atom stereocenters. The third kappa shape index (κ3) is 6.69. The number of anilines is 5. The molecule has 4 aliphatic heterocycles. The van der Waals surface area contributed by atoms with Crippen LogP contribution in [0.25, 0.3) is 0 Å². The first-order chi connectivity index (χ1) is 25.5. The van der Waals surface area contributed by atoms with E-state index < -0.39 is 29.7 Å². The highest BCUT2D eigenvalue weighted by atomic mass is 35.5. The van der Waals surface area contributed by atoms with Crippen molar-refractivity contribution in [1.29, 1.82) is 0 Å². The number of rotatable bonds is 8. The largest absolute Gasteiger partial charge is 0.368 e. The summed E-state index contributed by atoms with van der Waals surface area (Å²) in [6, 6.07) is 11.9. The van der Waals surface area contributed by atoms with Crippen LogP contribution < -0.4 is 25.8 Å². The third-order valence-electron chi connectivity index (χ3n) is 10.1. The number of amides is 5. The van der Waals surface area contributed by atoms with Crippen LogP contribution in [0.4, 0.5) is 28.1 Å². The predicted octanol–water partition coefficient (Wildman–Crippen LogP) is 3.61. The Morgan fingerprint density at radius 2 is 1.72 bits per heavy atom. The Balaban J connectivity index is 0.849. The smallest absolute Gasteiger partial charge is 0.267 e. The maximum absolute atomic E-state index is 13.3. The third-order valence-corrected chi connectivity index (χ3v) is 11.3. The van der Waals surface area contributed by atoms with E-state index in [2.05, 4.69) is 40.6 Å². The van der Waals surface area contributed by atoms with Gasteiger partial charge in [0.15, 0.2) is 5.13 Å². The minimum Gasteiger partial charge on any atom is -0.368 e. The zero-order valence-corrected chi connectivity index (χ0v) is 30.5. The van der Waals surface area contributed by atoms with E-state index in [4.69, 9.17) is 16.6 Å². The van der Waals surface area contributed by atoms with E-state index >= 15 is 0 Å². The van der Waals surface area contributed by atoms with E-state index in [1.807, 2.05) is 38.1 Å². The van der Waals surface area contributed by atoms with Crippen LogP contribution in [0.5, 0.6) is 0 Å². The van der Waals surface area contributed by atoms with Crippen LogP contribution in [0.2, 0.25) is 5.02 Å². The van der Waals surface area contributed by atoms with Crippen molar-refractivity contribution in [3.63, 3.8) is 0 Å². The van der Waals surface area contributed by atoms with Crippen molar-refractivity contribution in [2.24, 2.45) is 0 Å². The summed E-state index contributed by atoms with van der Waals surface area (Å²) in [6.45, 7) is 8.54. The Hall–Kier alpha value is -5.45. The zero-order valence-electron chi connectivity index (χ0n) is 28.9. The molecule has 0 spiro atoms. The molecule has 1 unspecified atom stereocenters. The molecule has 4 aliphatic rings. The van der Waals surface area contributed by atoms with Gasteiger partial charge in [-0.3, -0.25) is 39.1 Å². The molecular formula is C36H35ClN10O5S. The van der Waals surface area contributed by atoms with Gasteiger partial charge in [-0.2, -0.15) is 0 Å². The average molecular weight is 755 g/mol. The number of aryl methyl sites for hydroxylation is 2. The van der Waals surface area contributed by atoms with Crippen LogP contribution in [0.1, 0.15) is 54.6 Å². The van der Waals surface area contributed by atoms with Crippen molar-refractivity contribution in [3.8, 4) is 0 Å². The lowest BCUT2D eigenvalue weighted by Gasteiger charge is -2.49. The van der Waals surface area contributed by atoms with Crippen molar-refractivity contribution >= 4 is 80.6 Å². The second kappa shape index (κ2) is 13.8. The Bertz CT molecular complexity index is 2160. The predicted molar refractivity (Wildman–Crippen MR) is 199 cm³/mol. The van der Waals surface area contributed by atoms with Crippen LogP contribution >= 0.6 is 22.9 Å². The summed E-state index contributed by atoms with van der Waals surface area (Å²) in [7, 11) is 0. The quantitative estimate of drug-likeness (QED) is 0.224. The molecule has 0 saturated carbocycles. The number of nitrogens with zero attached hydrogens (tertiary/aromatic N) is 7. The van der Waals surface area contributed by atoms with Gasteiger partial charge < -0.3 is 20.4 Å². The number of piperazine rings is 1. The molecule has 17 heteroatoms. The van der Waals surface area contributed by atoms with Crippen LogP contribution in [0, 0.1) is 13.8 Å².